The second kappa shape index (κ2) is 9.47. The second-order valence-corrected chi connectivity index (χ2v) is 7.17. The quantitative estimate of drug-likeness (QED) is 0.355. The van der Waals surface area contributed by atoms with Gasteiger partial charge in [0.05, 0.1) is 19.6 Å². The van der Waals surface area contributed by atoms with Gasteiger partial charge in [-0.2, -0.15) is 0 Å². The zero-order chi connectivity index (χ0) is 22.5. The van der Waals surface area contributed by atoms with Crippen molar-refractivity contribution in [2.45, 2.75) is 6.92 Å². The number of para-hydroxylation sites is 1. The number of hydrogen-bond donors (Lipinski definition) is 0. The Morgan fingerprint density at radius 3 is 2.28 bits per heavy atom. The van der Waals surface area contributed by atoms with Gasteiger partial charge < -0.3 is 23.4 Å². The van der Waals surface area contributed by atoms with Gasteiger partial charge in [0.25, 0.3) is 0 Å². The van der Waals surface area contributed by atoms with Gasteiger partial charge in [-0.15, -0.1) is 0 Å². The maximum atomic E-state index is 13.2. The average molecular weight is 432 g/mol. The lowest BCUT2D eigenvalue weighted by Crippen LogP contribution is -2.15. The van der Waals surface area contributed by atoms with Crippen LogP contribution in [0.15, 0.2) is 75.9 Å². The number of hydrogen-bond acceptors (Lipinski definition) is 6. The Hall–Kier alpha value is -3.93. The van der Waals surface area contributed by atoms with Crippen molar-refractivity contribution in [1.29, 1.82) is 0 Å². The van der Waals surface area contributed by atoms with Crippen molar-refractivity contribution >= 4 is 11.0 Å². The molecule has 0 atom stereocenters. The van der Waals surface area contributed by atoms with Crippen LogP contribution >= 0.6 is 0 Å². The van der Waals surface area contributed by atoms with E-state index in [9.17, 15) is 4.79 Å². The van der Waals surface area contributed by atoms with E-state index in [1.54, 1.807) is 50.6 Å². The molecule has 0 fully saturated rings. The van der Waals surface area contributed by atoms with Crippen molar-refractivity contribution in [1.82, 2.24) is 0 Å². The monoisotopic (exact) mass is 432 g/mol. The predicted octanol–water partition coefficient (Wildman–Crippen LogP) is 5.24. The van der Waals surface area contributed by atoms with Gasteiger partial charge in [0, 0.05) is 5.56 Å². The van der Waals surface area contributed by atoms with Gasteiger partial charge in [-0.3, -0.25) is 4.79 Å². The minimum absolute atomic E-state index is 0.128. The molecule has 0 aliphatic rings. The lowest BCUT2D eigenvalue weighted by atomic mass is 10.1. The fraction of sp³-hybridized carbons (Fsp3) is 0.192. The third-order valence-electron chi connectivity index (χ3n) is 5.02. The number of benzene rings is 3. The van der Waals surface area contributed by atoms with E-state index in [1.807, 2.05) is 37.3 Å². The summed E-state index contributed by atoms with van der Waals surface area (Å²) in [4.78, 5) is 13.2. The van der Waals surface area contributed by atoms with E-state index in [0.717, 1.165) is 11.3 Å². The smallest absolute Gasteiger partial charge is 0.235 e. The van der Waals surface area contributed by atoms with Crippen LogP contribution in [0.5, 0.6) is 23.0 Å². The highest BCUT2D eigenvalue weighted by atomic mass is 16.5. The fourth-order valence-electron chi connectivity index (χ4n) is 3.36. The van der Waals surface area contributed by atoms with Gasteiger partial charge >= 0.3 is 0 Å². The van der Waals surface area contributed by atoms with Crippen LogP contribution in [0.2, 0.25) is 0 Å². The van der Waals surface area contributed by atoms with Crippen LogP contribution in [0.1, 0.15) is 5.56 Å². The van der Waals surface area contributed by atoms with E-state index < -0.39 is 0 Å². The first-order valence-electron chi connectivity index (χ1n) is 10.2. The Balaban J connectivity index is 1.66. The second-order valence-electron chi connectivity index (χ2n) is 7.17. The van der Waals surface area contributed by atoms with E-state index in [0.29, 0.717) is 33.8 Å². The first kappa shape index (κ1) is 21.3. The maximum absolute atomic E-state index is 13.2. The Labute approximate surface area is 185 Å². The van der Waals surface area contributed by atoms with Crippen LogP contribution in [0.3, 0.4) is 0 Å². The number of aryl methyl sites for hydroxylation is 1. The summed E-state index contributed by atoms with van der Waals surface area (Å²) in [5, 5.41) is 0.450. The van der Waals surface area contributed by atoms with E-state index in [1.165, 1.54) is 0 Å². The molecule has 0 saturated carbocycles. The van der Waals surface area contributed by atoms with Crippen molar-refractivity contribution in [3.05, 3.63) is 82.5 Å². The molecule has 0 saturated heterocycles. The highest BCUT2D eigenvalue weighted by Gasteiger charge is 2.19. The first-order valence-corrected chi connectivity index (χ1v) is 10.2. The summed E-state index contributed by atoms with van der Waals surface area (Å²) >= 11 is 0. The predicted molar refractivity (Wildman–Crippen MR) is 123 cm³/mol. The summed E-state index contributed by atoms with van der Waals surface area (Å²) in [5.41, 5.74) is 2.03. The van der Waals surface area contributed by atoms with Crippen LogP contribution in [0, 0.1) is 6.92 Å². The summed E-state index contributed by atoms with van der Waals surface area (Å²) in [6.45, 7) is 2.47. The first-order chi connectivity index (χ1) is 15.6. The van der Waals surface area contributed by atoms with Gasteiger partial charge in [-0.25, -0.2) is 0 Å². The van der Waals surface area contributed by atoms with Crippen molar-refractivity contribution in [2.24, 2.45) is 0 Å². The molecule has 1 heterocycles. The summed E-state index contributed by atoms with van der Waals surface area (Å²) in [7, 11) is 3.12. The Morgan fingerprint density at radius 2 is 1.53 bits per heavy atom. The molecule has 0 bridgehead atoms. The molecular formula is C26H24O6. The summed E-state index contributed by atoms with van der Waals surface area (Å²) < 4.78 is 28.5. The van der Waals surface area contributed by atoms with Crippen LogP contribution in [0.25, 0.3) is 22.3 Å². The molecule has 0 spiro atoms. The van der Waals surface area contributed by atoms with Crippen LogP contribution < -0.4 is 24.4 Å². The average Bonchev–Trinajstić information content (AvgIpc) is 2.83. The molecule has 3 aromatic carbocycles. The van der Waals surface area contributed by atoms with Gasteiger partial charge in [-0.1, -0.05) is 29.8 Å². The normalized spacial score (nSPS) is 10.7. The van der Waals surface area contributed by atoms with E-state index in [2.05, 4.69) is 0 Å². The van der Waals surface area contributed by atoms with Gasteiger partial charge in [0.2, 0.25) is 11.2 Å². The van der Waals surface area contributed by atoms with Crippen molar-refractivity contribution in [3.8, 4) is 34.3 Å². The summed E-state index contributed by atoms with van der Waals surface area (Å²) in [6, 6.07) is 20.1. The summed E-state index contributed by atoms with van der Waals surface area (Å²) in [5.74, 6) is 2.29. The standard InChI is InChI=1S/C26H24O6/c1-17-8-11-19(12-9-17)30-14-15-31-26-24(27)20-6-4-5-7-21(20)32-25(26)18-10-13-22(28-2)23(16-18)29-3/h4-13,16H,14-15H2,1-3H3. The Kier molecular flexibility index (Phi) is 6.31. The van der Waals surface area contributed by atoms with Crippen molar-refractivity contribution in [3.63, 3.8) is 0 Å². The summed E-state index contributed by atoms with van der Waals surface area (Å²) in [6.07, 6.45) is 0. The van der Waals surface area contributed by atoms with Gasteiger partial charge in [0.15, 0.2) is 17.3 Å². The Morgan fingerprint density at radius 1 is 0.812 bits per heavy atom. The molecule has 0 radical (unpaired) electrons. The molecule has 0 unspecified atom stereocenters. The molecule has 0 amide bonds. The van der Waals surface area contributed by atoms with Crippen LogP contribution in [-0.4, -0.2) is 27.4 Å². The minimum Gasteiger partial charge on any atom is -0.493 e. The molecule has 4 aromatic rings. The molecule has 0 aliphatic heterocycles. The molecule has 1 aromatic heterocycles. The van der Waals surface area contributed by atoms with Gasteiger partial charge in [-0.05, 0) is 49.4 Å². The molecule has 6 nitrogen and oxygen atoms in total. The number of ether oxygens (including phenoxy) is 4. The SMILES string of the molecule is COc1ccc(-c2oc3ccccc3c(=O)c2OCCOc2ccc(C)cc2)cc1OC. The van der Waals surface area contributed by atoms with Crippen LogP contribution in [-0.2, 0) is 0 Å². The third kappa shape index (κ3) is 4.39. The van der Waals surface area contributed by atoms with Crippen molar-refractivity contribution in [2.75, 3.05) is 27.4 Å². The lowest BCUT2D eigenvalue weighted by molar-refractivity contribution is 0.214. The minimum atomic E-state index is -0.244. The molecule has 0 aliphatic carbocycles. The molecular weight excluding hydrogens is 408 g/mol. The number of rotatable bonds is 8. The zero-order valence-corrected chi connectivity index (χ0v) is 18.2. The molecule has 6 heteroatoms. The number of fused-ring (bicyclic) bond motifs is 1. The van der Waals surface area contributed by atoms with E-state index in [4.69, 9.17) is 23.4 Å². The molecule has 0 N–H and O–H groups in total. The maximum Gasteiger partial charge on any atom is 0.235 e. The number of methoxy groups -OCH3 is 2. The topological polar surface area (TPSA) is 67.1 Å². The highest BCUT2D eigenvalue weighted by molar-refractivity contribution is 5.82. The largest absolute Gasteiger partial charge is 0.493 e. The Bertz CT molecular complexity index is 1270. The van der Waals surface area contributed by atoms with Crippen LogP contribution in [0.4, 0.5) is 0 Å². The highest BCUT2D eigenvalue weighted by Crippen LogP contribution is 2.36. The zero-order valence-electron chi connectivity index (χ0n) is 18.2. The fourth-order valence-corrected chi connectivity index (χ4v) is 3.36. The third-order valence-corrected chi connectivity index (χ3v) is 5.02. The van der Waals surface area contributed by atoms with E-state index in [-0.39, 0.29) is 24.4 Å². The molecule has 4 rings (SSSR count). The van der Waals surface area contributed by atoms with E-state index >= 15 is 0 Å². The lowest BCUT2D eigenvalue weighted by Gasteiger charge is -2.14. The molecule has 164 valence electrons. The van der Waals surface area contributed by atoms with Gasteiger partial charge in [0.1, 0.15) is 24.5 Å². The van der Waals surface area contributed by atoms with Crippen molar-refractivity contribution < 1.29 is 23.4 Å². The molecule has 32 heavy (non-hydrogen) atoms.